The van der Waals surface area contributed by atoms with E-state index in [0.29, 0.717) is 11.5 Å². The van der Waals surface area contributed by atoms with Gasteiger partial charge < -0.3 is 15.2 Å². The Morgan fingerprint density at radius 1 is 1.77 bits per heavy atom. The van der Waals surface area contributed by atoms with Crippen molar-refractivity contribution < 1.29 is 10.0 Å². The highest BCUT2D eigenvalue weighted by Crippen LogP contribution is 2.16. The van der Waals surface area contributed by atoms with Gasteiger partial charge in [-0.2, -0.15) is 0 Å². The molecule has 1 rings (SSSR count). The third-order valence-electron chi connectivity index (χ3n) is 1.55. The van der Waals surface area contributed by atoms with Gasteiger partial charge in [0.1, 0.15) is 5.69 Å². The fraction of sp³-hybridized carbons (Fsp3) is 0.571. The number of hydrogen-bond donors (Lipinski definition) is 2. The van der Waals surface area contributed by atoms with Gasteiger partial charge in [-0.15, -0.1) is 0 Å². The molecule has 2 N–H and O–H groups in total. The average Bonchev–Trinajstić information content (AvgIpc) is 2.29. The highest BCUT2D eigenvalue weighted by Gasteiger charge is 2.18. The summed E-state index contributed by atoms with van der Waals surface area (Å²) in [5.41, 5.74) is 0.303. The number of aromatic amines is 1. The zero-order valence-electron chi connectivity index (χ0n) is 7.44. The molecule has 0 radical (unpaired) electrons. The van der Waals surface area contributed by atoms with Gasteiger partial charge in [0.2, 0.25) is 0 Å². The van der Waals surface area contributed by atoms with Crippen LogP contribution in [0.4, 0.5) is 5.82 Å². The molecule has 6 nitrogen and oxygen atoms in total. The van der Waals surface area contributed by atoms with Crippen LogP contribution in [-0.4, -0.2) is 26.1 Å². The summed E-state index contributed by atoms with van der Waals surface area (Å²) < 4.78 is 0. The van der Waals surface area contributed by atoms with Crippen molar-refractivity contribution in [1.29, 1.82) is 0 Å². The lowest BCUT2D eigenvalue weighted by molar-refractivity contribution is -0.390. The summed E-state index contributed by atoms with van der Waals surface area (Å²) >= 11 is 0. The standard InChI is InChI=1S/C7H11N3O3/c1-4(11)3-6-7(10(12)13)9-5(2)8-6/h4,11H,3H2,1-2H3,(H,8,9). The molecule has 13 heavy (non-hydrogen) atoms. The topological polar surface area (TPSA) is 92.1 Å². The number of aliphatic hydroxyl groups excluding tert-OH is 1. The van der Waals surface area contributed by atoms with Crippen molar-refractivity contribution >= 4 is 5.82 Å². The SMILES string of the molecule is Cc1nc(CC(C)O)c([N+](=O)[O-])[nH]1. The summed E-state index contributed by atoms with van der Waals surface area (Å²) in [5, 5.41) is 19.5. The summed E-state index contributed by atoms with van der Waals surface area (Å²) in [7, 11) is 0. The summed E-state index contributed by atoms with van der Waals surface area (Å²) in [6.45, 7) is 3.20. The van der Waals surface area contributed by atoms with Crippen LogP contribution >= 0.6 is 0 Å². The number of imidazole rings is 1. The minimum Gasteiger partial charge on any atom is -0.393 e. The molecule has 0 aromatic carbocycles. The average molecular weight is 185 g/mol. The molecular formula is C7H11N3O3. The third-order valence-corrected chi connectivity index (χ3v) is 1.55. The van der Waals surface area contributed by atoms with Crippen LogP contribution in [0.15, 0.2) is 0 Å². The number of nitrogens with one attached hydrogen (secondary N) is 1. The maximum absolute atomic E-state index is 10.5. The van der Waals surface area contributed by atoms with Crippen LogP contribution in [-0.2, 0) is 6.42 Å². The van der Waals surface area contributed by atoms with Crippen LogP contribution in [0.3, 0.4) is 0 Å². The van der Waals surface area contributed by atoms with E-state index in [-0.39, 0.29) is 12.2 Å². The number of nitrogens with zero attached hydrogens (tertiary/aromatic N) is 2. The summed E-state index contributed by atoms with van der Waals surface area (Å²) in [5.74, 6) is 0.362. The molecule has 0 aliphatic heterocycles. The van der Waals surface area contributed by atoms with E-state index in [0.717, 1.165) is 0 Å². The fourth-order valence-corrected chi connectivity index (χ4v) is 1.10. The predicted octanol–water partition coefficient (Wildman–Crippen LogP) is 0.550. The first kappa shape index (κ1) is 9.66. The molecule has 1 heterocycles. The van der Waals surface area contributed by atoms with Crippen molar-refractivity contribution in [2.45, 2.75) is 26.4 Å². The molecular weight excluding hydrogens is 174 g/mol. The summed E-state index contributed by atoms with van der Waals surface area (Å²) in [6, 6.07) is 0. The lowest BCUT2D eigenvalue weighted by atomic mass is 10.2. The maximum Gasteiger partial charge on any atom is 0.343 e. The van der Waals surface area contributed by atoms with Crippen LogP contribution in [0.25, 0.3) is 0 Å². The highest BCUT2D eigenvalue weighted by molar-refractivity contribution is 5.28. The Balaban J connectivity index is 2.97. The third kappa shape index (κ3) is 2.25. The van der Waals surface area contributed by atoms with Gasteiger partial charge in [-0.3, -0.25) is 0 Å². The molecule has 1 atom stereocenters. The second-order valence-corrected chi connectivity index (χ2v) is 2.93. The van der Waals surface area contributed by atoms with E-state index < -0.39 is 11.0 Å². The number of aromatic nitrogens is 2. The van der Waals surface area contributed by atoms with Gasteiger partial charge in [0.05, 0.1) is 6.10 Å². The molecule has 0 spiro atoms. The minimum absolute atomic E-state index is 0.126. The zero-order chi connectivity index (χ0) is 10.0. The smallest absolute Gasteiger partial charge is 0.343 e. The van der Waals surface area contributed by atoms with Gasteiger partial charge in [0.15, 0.2) is 5.82 Å². The normalized spacial score (nSPS) is 12.8. The van der Waals surface area contributed by atoms with E-state index in [4.69, 9.17) is 5.11 Å². The molecule has 0 bridgehead atoms. The lowest BCUT2D eigenvalue weighted by Gasteiger charge is -1.99. The molecule has 0 amide bonds. The summed E-state index contributed by atoms with van der Waals surface area (Å²) in [4.78, 5) is 16.4. The van der Waals surface area contributed by atoms with Gasteiger partial charge in [-0.1, -0.05) is 0 Å². The first-order chi connectivity index (χ1) is 6.00. The number of aryl methyl sites for hydroxylation is 1. The number of rotatable bonds is 3. The second kappa shape index (κ2) is 3.53. The van der Waals surface area contributed by atoms with Gasteiger partial charge in [-0.05, 0) is 11.8 Å². The number of hydrogen-bond acceptors (Lipinski definition) is 4. The Bertz CT molecular complexity index is 319. The maximum atomic E-state index is 10.5. The monoisotopic (exact) mass is 185 g/mol. The van der Waals surface area contributed by atoms with Crippen LogP contribution in [0.5, 0.6) is 0 Å². The Morgan fingerprint density at radius 2 is 2.38 bits per heavy atom. The van der Waals surface area contributed by atoms with Gasteiger partial charge in [0, 0.05) is 13.3 Å². The molecule has 0 aliphatic rings. The first-order valence-corrected chi connectivity index (χ1v) is 3.88. The number of aliphatic hydroxyl groups is 1. The van der Waals surface area contributed by atoms with E-state index in [9.17, 15) is 10.1 Å². The van der Waals surface area contributed by atoms with Crippen molar-refractivity contribution in [3.8, 4) is 0 Å². The molecule has 1 unspecified atom stereocenters. The van der Waals surface area contributed by atoms with E-state index in [2.05, 4.69) is 9.97 Å². The lowest BCUT2D eigenvalue weighted by Crippen LogP contribution is -2.06. The molecule has 0 aliphatic carbocycles. The van der Waals surface area contributed by atoms with Crippen molar-refractivity contribution in [2.24, 2.45) is 0 Å². The van der Waals surface area contributed by atoms with E-state index in [1.54, 1.807) is 13.8 Å². The molecule has 72 valence electrons. The zero-order valence-corrected chi connectivity index (χ0v) is 7.44. The Morgan fingerprint density at radius 3 is 2.85 bits per heavy atom. The Hall–Kier alpha value is -1.43. The van der Waals surface area contributed by atoms with Crippen LogP contribution in [0.1, 0.15) is 18.4 Å². The summed E-state index contributed by atoms with van der Waals surface area (Å²) in [6.07, 6.45) is -0.429. The molecule has 0 fully saturated rings. The van der Waals surface area contributed by atoms with Crippen molar-refractivity contribution in [3.05, 3.63) is 21.6 Å². The minimum atomic E-state index is -0.624. The Labute approximate surface area is 74.8 Å². The van der Waals surface area contributed by atoms with E-state index in [1.165, 1.54) is 0 Å². The molecule has 0 saturated carbocycles. The van der Waals surface area contributed by atoms with E-state index >= 15 is 0 Å². The molecule has 0 saturated heterocycles. The number of nitro groups is 1. The van der Waals surface area contributed by atoms with Gasteiger partial charge >= 0.3 is 5.82 Å². The second-order valence-electron chi connectivity index (χ2n) is 2.93. The van der Waals surface area contributed by atoms with Crippen molar-refractivity contribution in [1.82, 2.24) is 9.97 Å². The Kier molecular flexibility index (Phi) is 2.62. The van der Waals surface area contributed by atoms with E-state index in [1.807, 2.05) is 0 Å². The highest BCUT2D eigenvalue weighted by atomic mass is 16.6. The van der Waals surface area contributed by atoms with Gasteiger partial charge in [0.25, 0.3) is 0 Å². The van der Waals surface area contributed by atoms with Crippen LogP contribution < -0.4 is 0 Å². The molecule has 1 aromatic heterocycles. The van der Waals surface area contributed by atoms with Crippen molar-refractivity contribution in [3.63, 3.8) is 0 Å². The van der Waals surface area contributed by atoms with Gasteiger partial charge in [-0.25, -0.2) is 9.97 Å². The molecule has 1 aromatic rings. The van der Waals surface area contributed by atoms with Crippen LogP contribution in [0, 0.1) is 17.0 Å². The van der Waals surface area contributed by atoms with Crippen molar-refractivity contribution in [2.75, 3.05) is 0 Å². The predicted molar refractivity (Wildman–Crippen MR) is 45.4 cm³/mol. The largest absolute Gasteiger partial charge is 0.393 e. The number of H-pyrrole nitrogens is 1. The quantitative estimate of drug-likeness (QED) is 0.531. The first-order valence-electron chi connectivity index (χ1n) is 3.88. The molecule has 6 heteroatoms. The van der Waals surface area contributed by atoms with Crippen LogP contribution in [0.2, 0.25) is 0 Å². The fourth-order valence-electron chi connectivity index (χ4n) is 1.10.